The Morgan fingerprint density at radius 1 is 1.62 bits per heavy atom. The summed E-state index contributed by atoms with van der Waals surface area (Å²) < 4.78 is 0. The van der Waals surface area contributed by atoms with Crippen molar-refractivity contribution in [2.45, 2.75) is 32.2 Å². The van der Waals surface area contributed by atoms with Gasteiger partial charge in [-0.1, -0.05) is 6.07 Å². The first-order valence-corrected chi connectivity index (χ1v) is 6.51. The standard InChI is InChI=1S/C12H20N2OS/c1-10(9-11-5-4-8-16-11)14(2)12(15)6-3-7-13/h4-5,8,10H,3,6-7,9,13H2,1-2H3. The zero-order valence-electron chi connectivity index (χ0n) is 9.98. The maximum atomic E-state index is 11.7. The lowest BCUT2D eigenvalue weighted by molar-refractivity contribution is -0.131. The second-order valence-corrected chi connectivity index (χ2v) is 5.06. The normalized spacial score (nSPS) is 12.4. The van der Waals surface area contributed by atoms with Crippen LogP contribution in [0.1, 0.15) is 24.6 Å². The number of amides is 1. The SMILES string of the molecule is CC(Cc1cccs1)N(C)C(=O)CCCN. The van der Waals surface area contributed by atoms with Gasteiger partial charge in [0.15, 0.2) is 0 Å². The van der Waals surface area contributed by atoms with E-state index < -0.39 is 0 Å². The third-order valence-corrected chi connectivity index (χ3v) is 3.62. The van der Waals surface area contributed by atoms with Crippen molar-refractivity contribution in [3.05, 3.63) is 22.4 Å². The van der Waals surface area contributed by atoms with Crippen LogP contribution in [0.15, 0.2) is 17.5 Å². The summed E-state index contributed by atoms with van der Waals surface area (Å²) in [5.41, 5.74) is 5.39. The van der Waals surface area contributed by atoms with Crippen molar-refractivity contribution in [2.24, 2.45) is 5.73 Å². The van der Waals surface area contributed by atoms with Crippen molar-refractivity contribution >= 4 is 17.2 Å². The molecule has 0 radical (unpaired) electrons. The summed E-state index contributed by atoms with van der Waals surface area (Å²) >= 11 is 1.74. The number of thiophene rings is 1. The highest BCUT2D eigenvalue weighted by atomic mass is 32.1. The highest BCUT2D eigenvalue weighted by Crippen LogP contribution is 2.14. The molecule has 1 atom stereocenters. The van der Waals surface area contributed by atoms with E-state index in [2.05, 4.69) is 18.4 Å². The van der Waals surface area contributed by atoms with Crippen LogP contribution >= 0.6 is 11.3 Å². The summed E-state index contributed by atoms with van der Waals surface area (Å²) in [6.07, 6.45) is 2.26. The van der Waals surface area contributed by atoms with Crippen LogP contribution in [0, 0.1) is 0 Å². The van der Waals surface area contributed by atoms with Crippen molar-refractivity contribution in [3.8, 4) is 0 Å². The van der Waals surface area contributed by atoms with Crippen LogP contribution in [0.5, 0.6) is 0 Å². The van der Waals surface area contributed by atoms with Crippen LogP contribution in [-0.4, -0.2) is 30.4 Å². The number of likely N-dealkylation sites (N-methyl/N-ethyl adjacent to an activating group) is 1. The lowest BCUT2D eigenvalue weighted by atomic mass is 10.1. The van der Waals surface area contributed by atoms with E-state index in [-0.39, 0.29) is 11.9 Å². The number of hydrogen-bond acceptors (Lipinski definition) is 3. The minimum absolute atomic E-state index is 0.189. The van der Waals surface area contributed by atoms with Crippen molar-refractivity contribution in [1.82, 2.24) is 4.90 Å². The maximum absolute atomic E-state index is 11.7. The Labute approximate surface area is 101 Å². The van der Waals surface area contributed by atoms with Gasteiger partial charge >= 0.3 is 0 Å². The van der Waals surface area contributed by atoms with Crippen LogP contribution in [0.2, 0.25) is 0 Å². The molecule has 0 fully saturated rings. The summed E-state index contributed by atoms with van der Waals surface area (Å²) in [6, 6.07) is 4.41. The molecule has 0 saturated heterocycles. The molecule has 1 aromatic rings. The third-order valence-electron chi connectivity index (χ3n) is 2.73. The smallest absolute Gasteiger partial charge is 0.222 e. The van der Waals surface area contributed by atoms with E-state index in [0.29, 0.717) is 13.0 Å². The quantitative estimate of drug-likeness (QED) is 0.825. The van der Waals surface area contributed by atoms with E-state index in [9.17, 15) is 4.79 Å². The Morgan fingerprint density at radius 2 is 2.38 bits per heavy atom. The molecule has 2 N–H and O–H groups in total. The molecule has 0 saturated carbocycles. The number of nitrogens with two attached hydrogens (primary N) is 1. The molecule has 0 spiro atoms. The van der Waals surface area contributed by atoms with E-state index >= 15 is 0 Å². The molecule has 0 bridgehead atoms. The fraction of sp³-hybridized carbons (Fsp3) is 0.583. The van der Waals surface area contributed by atoms with Crippen molar-refractivity contribution in [1.29, 1.82) is 0 Å². The fourth-order valence-corrected chi connectivity index (χ4v) is 2.36. The summed E-state index contributed by atoms with van der Waals surface area (Å²) in [5.74, 6) is 0.189. The zero-order valence-corrected chi connectivity index (χ0v) is 10.8. The molecule has 1 rings (SSSR count). The monoisotopic (exact) mass is 240 g/mol. The Kier molecular flexibility index (Phi) is 5.49. The molecule has 1 aromatic heterocycles. The van der Waals surface area contributed by atoms with Gasteiger partial charge in [0, 0.05) is 30.8 Å². The molecule has 1 amide bonds. The maximum Gasteiger partial charge on any atom is 0.222 e. The highest BCUT2D eigenvalue weighted by Gasteiger charge is 2.15. The topological polar surface area (TPSA) is 46.3 Å². The molecule has 16 heavy (non-hydrogen) atoms. The van der Waals surface area contributed by atoms with Crippen LogP contribution < -0.4 is 5.73 Å². The molecule has 1 heterocycles. The van der Waals surface area contributed by atoms with E-state index in [1.165, 1.54) is 4.88 Å². The van der Waals surface area contributed by atoms with Gasteiger partial charge in [-0.2, -0.15) is 0 Å². The fourth-order valence-electron chi connectivity index (χ4n) is 1.53. The number of nitrogens with zero attached hydrogens (tertiary/aromatic N) is 1. The van der Waals surface area contributed by atoms with E-state index in [1.54, 1.807) is 11.3 Å². The molecule has 0 aromatic carbocycles. The first-order valence-electron chi connectivity index (χ1n) is 5.63. The number of carbonyl (C=O) groups is 1. The second-order valence-electron chi connectivity index (χ2n) is 4.03. The number of rotatable bonds is 6. The van der Waals surface area contributed by atoms with Gasteiger partial charge in [0.2, 0.25) is 5.91 Å². The molecule has 4 heteroatoms. The average molecular weight is 240 g/mol. The summed E-state index contributed by atoms with van der Waals surface area (Å²) in [4.78, 5) is 14.9. The Bertz CT molecular complexity index is 311. The largest absolute Gasteiger partial charge is 0.343 e. The minimum Gasteiger partial charge on any atom is -0.343 e. The summed E-state index contributed by atoms with van der Waals surface area (Å²) in [7, 11) is 1.87. The molecule has 0 aliphatic heterocycles. The van der Waals surface area contributed by atoms with Crippen LogP contribution in [-0.2, 0) is 11.2 Å². The Hall–Kier alpha value is -0.870. The van der Waals surface area contributed by atoms with Crippen molar-refractivity contribution < 1.29 is 4.79 Å². The number of carbonyl (C=O) groups excluding carboxylic acids is 1. The van der Waals surface area contributed by atoms with Crippen LogP contribution in [0.25, 0.3) is 0 Å². The number of hydrogen-bond donors (Lipinski definition) is 1. The summed E-state index contributed by atoms with van der Waals surface area (Å²) in [6.45, 7) is 2.67. The minimum atomic E-state index is 0.189. The van der Waals surface area contributed by atoms with Gasteiger partial charge in [-0.25, -0.2) is 0 Å². The van der Waals surface area contributed by atoms with Gasteiger partial charge in [0.05, 0.1) is 0 Å². The molecule has 0 aliphatic rings. The van der Waals surface area contributed by atoms with Gasteiger partial charge in [-0.3, -0.25) is 4.79 Å². The van der Waals surface area contributed by atoms with Crippen LogP contribution in [0.3, 0.4) is 0 Å². The molecule has 90 valence electrons. The van der Waals surface area contributed by atoms with Gasteiger partial charge < -0.3 is 10.6 Å². The predicted octanol–water partition coefficient (Wildman–Crippen LogP) is 1.88. The van der Waals surface area contributed by atoms with E-state index in [4.69, 9.17) is 5.73 Å². The van der Waals surface area contributed by atoms with Crippen molar-refractivity contribution in [3.63, 3.8) is 0 Å². The van der Waals surface area contributed by atoms with Gasteiger partial charge in [-0.05, 0) is 31.3 Å². The van der Waals surface area contributed by atoms with Gasteiger partial charge in [-0.15, -0.1) is 11.3 Å². The first-order chi connectivity index (χ1) is 7.65. The molecule has 0 aliphatic carbocycles. The van der Waals surface area contributed by atoms with Gasteiger partial charge in [0.1, 0.15) is 0 Å². The molecular formula is C12H20N2OS. The first kappa shape index (κ1) is 13.2. The van der Waals surface area contributed by atoms with E-state index in [0.717, 1.165) is 12.8 Å². The Morgan fingerprint density at radius 3 is 2.94 bits per heavy atom. The third kappa shape index (κ3) is 3.94. The second kappa shape index (κ2) is 6.66. The zero-order chi connectivity index (χ0) is 12.0. The molecule has 3 nitrogen and oxygen atoms in total. The molecular weight excluding hydrogens is 220 g/mol. The highest BCUT2D eigenvalue weighted by molar-refractivity contribution is 7.09. The molecule has 1 unspecified atom stereocenters. The lowest BCUT2D eigenvalue weighted by Crippen LogP contribution is -2.36. The van der Waals surface area contributed by atoms with Crippen molar-refractivity contribution in [2.75, 3.05) is 13.6 Å². The van der Waals surface area contributed by atoms with E-state index in [1.807, 2.05) is 18.0 Å². The van der Waals surface area contributed by atoms with Gasteiger partial charge in [0.25, 0.3) is 0 Å². The summed E-state index contributed by atoms with van der Waals surface area (Å²) in [5, 5.41) is 2.07. The lowest BCUT2D eigenvalue weighted by Gasteiger charge is -2.24. The van der Waals surface area contributed by atoms with Crippen LogP contribution in [0.4, 0.5) is 0 Å². The Balaban J connectivity index is 2.40. The predicted molar refractivity (Wildman–Crippen MR) is 68.5 cm³/mol. The average Bonchev–Trinajstić information content (AvgIpc) is 2.77.